The van der Waals surface area contributed by atoms with E-state index in [4.69, 9.17) is 0 Å². The summed E-state index contributed by atoms with van der Waals surface area (Å²) in [6.45, 7) is 0. The zero-order valence-corrected chi connectivity index (χ0v) is 13.3. The number of fused-ring (bicyclic) bond motifs is 1. The third-order valence-electron chi connectivity index (χ3n) is 3.81. The second kappa shape index (κ2) is 7.44. The average Bonchev–Trinajstić information content (AvgIpc) is 3.03. The first kappa shape index (κ1) is 16.4. The van der Waals surface area contributed by atoms with Gasteiger partial charge in [0.15, 0.2) is 0 Å². The molecule has 25 heavy (non-hydrogen) atoms. The summed E-state index contributed by atoms with van der Waals surface area (Å²) in [4.78, 5) is 30.7. The molecule has 0 bridgehead atoms. The molecule has 1 aromatic carbocycles. The number of carbonyl (C=O) groups excluding carboxylic acids is 1. The van der Waals surface area contributed by atoms with Gasteiger partial charge < -0.3 is 15.4 Å². The maximum atomic E-state index is 12.0. The van der Waals surface area contributed by atoms with Crippen LogP contribution in [-0.4, -0.2) is 33.0 Å². The summed E-state index contributed by atoms with van der Waals surface area (Å²) < 4.78 is 0. The van der Waals surface area contributed by atoms with Gasteiger partial charge in [-0.3, -0.25) is 9.78 Å². The SMILES string of the molecule is O=C(/C=C/c1ccccn1)NC(Cc1c[nH]c2ccccc12)C(=O)O. The summed E-state index contributed by atoms with van der Waals surface area (Å²) in [6.07, 6.45) is 6.42. The summed E-state index contributed by atoms with van der Waals surface area (Å²) in [5, 5.41) is 12.9. The molecule has 3 aromatic rings. The van der Waals surface area contributed by atoms with Gasteiger partial charge in [-0.1, -0.05) is 24.3 Å². The van der Waals surface area contributed by atoms with Gasteiger partial charge in [0.2, 0.25) is 5.91 Å². The molecule has 2 heterocycles. The highest BCUT2D eigenvalue weighted by Gasteiger charge is 2.21. The number of carboxylic acids is 1. The molecule has 1 atom stereocenters. The summed E-state index contributed by atoms with van der Waals surface area (Å²) >= 11 is 0. The fourth-order valence-corrected chi connectivity index (χ4v) is 2.58. The number of amides is 1. The lowest BCUT2D eigenvalue weighted by Gasteiger charge is -2.12. The second-order valence-electron chi connectivity index (χ2n) is 5.55. The second-order valence-corrected chi connectivity index (χ2v) is 5.55. The monoisotopic (exact) mass is 335 g/mol. The molecule has 1 unspecified atom stereocenters. The highest BCUT2D eigenvalue weighted by atomic mass is 16.4. The summed E-state index contributed by atoms with van der Waals surface area (Å²) in [6, 6.07) is 12.0. The number of hydrogen-bond acceptors (Lipinski definition) is 3. The van der Waals surface area contributed by atoms with Gasteiger partial charge in [0.25, 0.3) is 0 Å². The van der Waals surface area contributed by atoms with E-state index in [9.17, 15) is 14.7 Å². The molecule has 0 saturated heterocycles. The zero-order chi connectivity index (χ0) is 17.6. The molecule has 2 aromatic heterocycles. The minimum absolute atomic E-state index is 0.197. The molecule has 0 aliphatic carbocycles. The number of H-pyrrole nitrogens is 1. The van der Waals surface area contributed by atoms with E-state index in [1.807, 2.05) is 30.3 Å². The van der Waals surface area contributed by atoms with Crippen LogP contribution in [0.25, 0.3) is 17.0 Å². The van der Waals surface area contributed by atoms with Crippen molar-refractivity contribution in [3.05, 3.63) is 72.2 Å². The van der Waals surface area contributed by atoms with Crippen LogP contribution in [0.15, 0.2) is 60.9 Å². The van der Waals surface area contributed by atoms with Crippen LogP contribution in [0, 0.1) is 0 Å². The van der Waals surface area contributed by atoms with Gasteiger partial charge in [-0.2, -0.15) is 0 Å². The van der Waals surface area contributed by atoms with Crippen molar-refractivity contribution in [2.45, 2.75) is 12.5 Å². The van der Waals surface area contributed by atoms with E-state index in [2.05, 4.69) is 15.3 Å². The van der Waals surface area contributed by atoms with Gasteiger partial charge in [0.05, 0.1) is 5.69 Å². The van der Waals surface area contributed by atoms with Crippen molar-refractivity contribution < 1.29 is 14.7 Å². The van der Waals surface area contributed by atoms with Crippen molar-refractivity contribution in [2.24, 2.45) is 0 Å². The standard InChI is InChI=1S/C19H17N3O3/c23-18(9-8-14-5-3-4-10-20-14)22-17(19(24)25)11-13-12-21-16-7-2-1-6-15(13)16/h1-10,12,17,21H,11H2,(H,22,23)(H,24,25)/b9-8+. The predicted molar refractivity (Wildman–Crippen MR) is 94.8 cm³/mol. The van der Waals surface area contributed by atoms with Gasteiger partial charge >= 0.3 is 5.97 Å². The van der Waals surface area contributed by atoms with Crippen molar-refractivity contribution >= 4 is 28.9 Å². The smallest absolute Gasteiger partial charge is 0.326 e. The molecule has 0 saturated carbocycles. The van der Waals surface area contributed by atoms with E-state index in [1.165, 1.54) is 6.08 Å². The number of para-hydroxylation sites is 1. The van der Waals surface area contributed by atoms with E-state index >= 15 is 0 Å². The van der Waals surface area contributed by atoms with Crippen LogP contribution >= 0.6 is 0 Å². The van der Waals surface area contributed by atoms with E-state index < -0.39 is 17.9 Å². The van der Waals surface area contributed by atoms with Gasteiger partial charge in [-0.05, 0) is 29.8 Å². The van der Waals surface area contributed by atoms with E-state index in [1.54, 1.807) is 30.6 Å². The minimum atomic E-state index is -1.08. The van der Waals surface area contributed by atoms with Crippen molar-refractivity contribution in [3.63, 3.8) is 0 Å². The quantitative estimate of drug-likeness (QED) is 0.603. The van der Waals surface area contributed by atoms with Crippen LogP contribution in [0.1, 0.15) is 11.3 Å². The first-order valence-corrected chi connectivity index (χ1v) is 7.81. The molecular weight excluding hydrogens is 318 g/mol. The maximum Gasteiger partial charge on any atom is 0.326 e. The normalized spacial score (nSPS) is 12.3. The number of rotatable bonds is 6. The first-order valence-electron chi connectivity index (χ1n) is 7.81. The molecule has 0 aliphatic rings. The molecule has 3 N–H and O–H groups in total. The van der Waals surface area contributed by atoms with Crippen LogP contribution in [-0.2, 0) is 16.0 Å². The number of aromatic amines is 1. The lowest BCUT2D eigenvalue weighted by Crippen LogP contribution is -2.41. The molecule has 6 nitrogen and oxygen atoms in total. The zero-order valence-electron chi connectivity index (χ0n) is 13.3. The molecular formula is C19H17N3O3. The Morgan fingerprint density at radius 3 is 2.76 bits per heavy atom. The molecule has 0 aliphatic heterocycles. The summed E-state index contributed by atoms with van der Waals surface area (Å²) in [5.74, 6) is -1.55. The number of aromatic nitrogens is 2. The Hall–Kier alpha value is -3.41. The first-order chi connectivity index (χ1) is 12.1. The summed E-state index contributed by atoms with van der Waals surface area (Å²) in [7, 11) is 0. The van der Waals surface area contributed by atoms with Crippen molar-refractivity contribution in [2.75, 3.05) is 0 Å². The van der Waals surface area contributed by atoms with Crippen LogP contribution in [0.2, 0.25) is 0 Å². The lowest BCUT2D eigenvalue weighted by molar-refractivity contribution is -0.141. The van der Waals surface area contributed by atoms with Crippen molar-refractivity contribution in [3.8, 4) is 0 Å². The van der Waals surface area contributed by atoms with E-state index in [0.29, 0.717) is 5.69 Å². The minimum Gasteiger partial charge on any atom is -0.480 e. The Morgan fingerprint density at radius 2 is 2.00 bits per heavy atom. The van der Waals surface area contributed by atoms with Crippen LogP contribution in [0.3, 0.4) is 0 Å². The molecule has 0 radical (unpaired) electrons. The fraction of sp³-hybridized carbons (Fsp3) is 0.105. The topological polar surface area (TPSA) is 95.1 Å². The number of carboxylic acid groups (broad SMARTS) is 1. The molecule has 6 heteroatoms. The summed E-state index contributed by atoms with van der Waals surface area (Å²) in [5.41, 5.74) is 2.40. The van der Waals surface area contributed by atoms with Crippen LogP contribution in [0.5, 0.6) is 0 Å². The molecule has 0 spiro atoms. The number of hydrogen-bond donors (Lipinski definition) is 3. The number of benzene rings is 1. The molecule has 3 rings (SSSR count). The average molecular weight is 335 g/mol. The van der Waals surface area contributed by atoms with E-state index in [0.717, 1.165) is 16.5 Å². The highest BCUT2D eigenvalue weighted by molar-refractivity contribution is 5.94. The van der Waals surface area contributed by atoms with Crippen LogP contribution < -0.4 is 5.32 Å². The highest BCUT2D eigenvalue weighted by Crippen LogP contribution is 2.19. The third kappa shape index (κ3) is 4.11. The van der Waals surface area contributed by atoms with Gasteiger partial charge in [-0.25, -0.2) is 4.79 Å². The third-order valence-corrected chi connectivity index (χ3v) is 3.81. The Balaban J connectivity index is 1.70. The Labute approximate surface area is 144 Å². The van der Waals surface area contributed by atoms with Crippen molar-refractivity contribution in [1.82, 2.24) is 15.3 Å². The lowest BCUT2D eigenvalue weighted by atomic mass is 10.0. The number of aliphatic carboxylic acids is 1. The number of pyridine rings is 1. The number of carbonyl (C=O) groups is 2. The molecule has 126 valence electrons. The molecule has 1 amide bonds. The Morgan fingerprint density at radius 1 is 1.20 bits per heavy atom. The number of nitrogens with one attached hydrogen (secondary N) is 2. The Kier molecular flexibility index (Phi) is 4.89. The largest absolute Gasteiger partial charge is 0.480 e. The van der Waals surface area contributed by atoms with Gasteiger partial charge in [-0.15, -0.1) is 0 Å². The molecule has 0 fully saturated rings. The maximum absolute atomic E-state index is 12.0. The van der Waals surface area contributed by atoms with Crippen molar-refractivity contribution in [1.29, 1.82) is 0 Å². The number of nitrogens with zero attached hydrogens (tertiary/aromatic N) is 1. The van der Waals surface area contributed by atoms with Gasteiger partial charge in [0.1, 0.15) is 6.04 Å². The van der Waals surface area contributed by atoms with Crippen LogP contribution in [0.4, 0.5) is 0 Å². The predicted octanol–water partition coefficient (Wildman–Crippen LogP) is 2.39. The van der Waals surface area contributed by atoms with Gasteiger partial charge in [0, 0.05) is 35.8 Å². The fourth-order valence-electron chi connectivity index (χ4n) is 2.58. The Bertz CT molecular complexity index is 916. The van der Waals surface area contributed by atoms with E-state index in [-0.39, 0.29) is 6.42 Å².